The number of fused-ring (bicyclic) bond motifs is 1. The number of hydrogen-bond acceptors (Lipinski definition) is 5. The van der Waals surface area contributed by atoms with Crippen LogP contribution in [0.1, 0.15) is 11.1 Å². The van der Waals surface area contributed by atoms with E-state index in [9.17, 15) is 9.59 Å². The number of ether oxygens (including phenoxy) is 1. The third-order valence-corrected chi connectivity index (χ3v) is 5.14. The first-order valence-corrected chi connectivity index (χ1v) is 10.5. The van der Waals surface area contributed by atoms with Crippen LogP contribution in [0, 0.1) is 6.92 Å². The van der Waals surface area contributed by atoms with Gasteiger partial charge in [0.15, 0.2) is 12.3 Å². The summed E-state index contributed by atoms with van der Waals surface area (Å²) in [5, 5.41) is 8.07. The molecule has 0 saturated heterocycles. The van der Waals surface area contributed by atoms with Crippen molar-refractivity contribution in [1.29, 1.82) is 0 Å². The number of amides is 1. The van der Waals surface area contributed by atoms with E-state index in [1.54, 1.807) is 10.7 Å². The lowest BCUT2D eigenvalue weighted by Gasteiger charge is -2.09. The molecule has 0 bridgehead atoms. The van der Waals surface area contributed by atoms with E-state index in [1.165, 1.54) is 17.1 Å². The highest BCUT2D eigenvalue weighted by molar-refractivity contribution is 6.30. The van der Waals surface area contributed by atoms with E-state index >= 15 is 0 Å². The maximum Gasteiger partial charge on any atom is 0.264 e. The maximum absolute atomic E-state index is 12.8. The summed E-state index contributed by atoms with van der Waals surface area (Å²) >= 11 is 6.02. The van der Waals surface area contributed by atoms with E-state index in [1.807, 2.05) is 49.4 Å². The van der Waals surface area contributed by atoms with Crippen LogP contribution in [0.25, 0.3) is 11.0 Å². The van der Waals surface area contributed by atoms with Crippen LogP contribution in [0.2, 0.25) is 5.02 Å². The average Bonchev–Trinajstić information content (AvgIpc) is 3.19. The van der Waals surface area contributed by atoms with Crippen molar-refractivity contribution in [1.82, 2.24) is 24.6 Å². The zero-order chi connectivity index (χ0) is 22.5. The molecule has 0 fully saturated rings. The zero-order valence-corrected chi connectivity index (χ0v) is 18.2. The number of halogens is 1. The molecule has 0 saturated carbocycles. The Balaban J connectivity index is 1.34. The fraction of sp³-hybridized carbons (Fsp3) is 0.217. The molecule has 0 aliphatic rings. The minimum absolute atomic E-state index is 0.0740. The maximum atomic E-state index is 12.8. The fourth-order valence-corrected chi connectivity index (χ4v) is 3.45. The number of aromatic nitrogens is 4. The highest BCUT2D eigenvalue weighted by Gasteiger charge is 2.11. The molecule has 9 heteroatoms. The molecule has 4 aromatic rings. The first kappa shape index (κ1) is 21.6. The van der Waals surface area contributed by atoms with E-state index < -0.39 is 0 Å². The van der Waals surface area contributed by atoms with Crippen LogP contribution in [0.3, 0.4) is 0 Å². The Labute approximate surface area is 189 Å². The van der Waals surface area contributed by atoms with E-state index in [0.29, 0.717) is 41.4 Å². The lowest BCUT2D eigenvalue weighted by molar-refractivity contribution is -0.123. The molecule has 1 amide bonds. The van der Waals surface area contributed by atoms with Gasteiger partial charge in [0.2, 0.25) is 0 Å². The molecule has 4 rings (SSSR count). The zero-order valence-electron chi connectivity index (χ0n) is 17.5. The summed E-state index contributed by atoms with van der Waals surface area (Å²) in [5.41, 5.74) is 2.32. The third kappa shape index (κ3) is 5.15. The van der Waals surface area contributed by atoms with E-state index in [-0.39, 0.29) is 18.1 Å². The molecular formula is C23H22ClN5O3. The minimum Gasteiger partial charge on any atom is -0.484 e. The highest BCUT2D eigenvalue weighted by Crippen LogP contribution is 2.13. The Morgan fingerprint density at radius 3 is 2.78 bits per heavy atom. The average molecular weight is 452 g/mol. The lowest BCUT2D eigenvalue weighted by Crippen LogP contribution is -2.31. The predicted octanol–water partition coefficient (Wildman–Crippen LogP) is 2.80. The van der Waals surface area contributed by atoms with Crippen LogP contribution in [0.5, 0.6) is 5.75 Å². The summed E-state index contributed by atoms with van der Waals surface area (Å²) in [5.74, 6) is 0.404. The van der Waals surface area contributed by atoms with Gasteiger partial charge in [-0.25, -0.2) is 9.67 Å². The molecule has 2 heterocycles. The smallest absolute Gasteiger partial charge is 0.264 e. The van der Waals surface area contributed by atoms with Crippen LogP contribution in [-0.2, 0) is 17.9 Å². The predicted molar refractivity (Wildman–Crippen MR) is 122 cm³/mol. The SMILES string of the molecule is Cc1ccc(OCC(=O)NCCn2ncc3c(=O)n(Cc4cccc(Cl)c4)cnc32)cc1. The molecule has 0 atom stereocenters. The van der Waals surface area contributed by atoms with Gasteiger partial charge in [0.05, 0.1) is 19.3 Å². The van der Waals surface area contributed by atoms with E-state index in [2.05, 4.69) is 15.4 Å². The van der Waals surface area contributed by atoms with Gasteiger partial charge in [-0.2, -0.15) is 5.10 Å². The van der Waals surface area contributed by atoms with Crippen molar-refractivity contribution in [3.05, 3.63) is 87.6 Å². The molecule has 1 N–H and O–H groups in total. The van der Waals surface area contributed by atoms with Crippen LogP contribution in [0.4, 0.5) is 0 Å². The molecule has 164 valence electrons. The van der Waals surface area contributed by atoms with Gasteiger partial charge >= 0.3 is 0 Å². The van der Waals surface area contributed by atoms with Crippen molar-refractivity contribution in [2.45, 2.75) is 20.0 Å². The molecule has 0 unspecified atom stereocenters. The van der Waals surface area contributed by atoms with Crippen LogP contribution >= 0.6 is 11.6 Å². The van der Waals surface area contributed by atoms with E-state index in [4.69, 9.17) is 16.3 Å². The second-order valence-corrected chi connectivity index (χ2v) is 7.80. The summed E-state index contributed by atoms with van der Waals surface area (Å²) in [6.45, 7) is 2.99. The Kier molecular flexibility index (Phi) is 6.51. The molecule has 0 aliphatic carbocycles. The summed E-state index contributed by atoms with van der Waals surface area (Å²) < 4.78 is 8.58. The monoisotopic (exact) mass is 451 g/mol. The van der Waals surface area contributed by atoms with Gasteiger partial charge in [-0.1, -0.05) is 41.4 Å². The number of rotatable bonds is 8. The molecule has 0 aliphatic heterocycles. The minimum atomic E-state index is -0.237. The molecule has 8 nitrogen and oxygen atoms in total. The van der Waals surface area contributed by atoms with Gasteiger partial charge in [-0.05, 0) is 36.8 Å². The van der Waals surface area contributed by atoms with Crippen molar-refractivity contribution >= 4 is 28.5 Å². The molecule has 32 heavy (non-hydrogen) atoms. The van der Waals surface area contributed by atoms with Gasteiger partial charge in [-0.3, -0.25) is 14.2 Å². The second-order valence-electron chi connectivity index (χ2n) is 7.36. The third-order valence-electron chi connectivity index (χ3n) is 4.90. The largest absolute Gasteiger partial charge is 0.484 e. The van der Waals surface area contributed by atoms with Gasteiger partial charge in [0.1, 0.15) is 17.5 Å². The van der Waals surface area contributed by atoms with Gasteiger partial charge < -0.3 is 10.1 Å². The fourth-order valence-electron chi connectivity index (χ4n) is 3.24. The first-order valence-electron chi connectivity index (χ1n) is 10.1. The van der Waals surface area contributed by atoms with Crippen LogP contribution in [0.15, 0.2) is 65.8 Å². The Bertz CT molecular complexity index is 1300. The highest BCUT2D eigenvalue weighted by atomic mass is 35.5. The molecule has 0 radical (unpaired) electrons. The number of benzene rings is 2. The number of nitrogens with one attached hydrogen (secondary N) is 1. The number of hydrogen-bond donors (Lipinski definition) is 1. The summed E-state index contributed by atoms with van der Waals surface area (Å²) in [6.07, 6.45) is 3.00. The number of carbonyl (C=O) groups is 1. The van der Waals surface area contributed by atoms with Gasteiger partial charge in [0, 0.05) is 11.6 Å². The summed E-state index contributed by atoms with van der Waals surface area (Å²) in [7, 11) is 0. The molecule has 0 spiro atoms. The van der Waals surface area contributed by atoms with Crippen LogP contribution in [-0.4, -0.2) is 38.4 Å². The number of nitrogens with zero attached hydrogens (tertiary/aromatic N) is 4. The lowest BCUT2D eigenvalue weighted by atomic mass is 10.2. The van der Waals surface area contributed by atoms with Gasteiger partial charge in [-0.15, -0.1) is 0 Å². The Morgan fingerprint density at radius 2 is 2.00 bits per heavy atom. The second kappa shape index (κ2) is 9.65. The van der Waals surface area contributed by atoms with Crippen molar-refractivity contribution in [3.8, 4) is 5.75 Å². The standard InChI is InChI=1S/C23H22ClN5O3/c1-16-5-7-19(8-6-16)32-14-21(30)25-9-10-29-22-20(12-27-29)23(31)28(15-26-22)13-17-3-2-4-18(24)11-17/h2-8,11-12,15H,9-10,13-14H2,1H3,(H,25,30). The molecular weight excluding hydrogens is 430 g/mol. The number of aryl methyl sites for hydroxylation is 1. The van der Waals surface area contributed by atoms with Crippen molar-refractivity contribution in [3.63, 3.8) is 0 Å². The summed E-state index contributed by atoms with van der Waals surface area (Å²) in [4.78, 5) is 29.2. The van der Waals surface area contributed by atoms with Crippen molar-refractivity contribution in [2.24, 2.45) is 0 Å². The molecule has 2 aromatic heterocycles. The van der Waals surface area contributed by atoms with E-state index in [0.717, 1.165) is 11.1 Å². The summed E-state index contributed by atoms with van der Waals surface area (Å²) in [6, 6.07) is 14.8. The van der Waals surface area contributed by atoms with Crippen molar-refractivity contribution < 1.29 is 9.53 Å². The molecule has 2 aromatic carbocycles. The van der Waals surface area contributed by atoms with Gasteiger partial charge in [0.25, 0.3) is 11.5 Å². The van der Waals surface area contributed by atoms with Crippen LogP contribution < -0.4 is 15.6 Å². The first-order chi connectivity index (χ1) is 15.5. The topological polar surface area (TPSA) is 91.0 Å². The Morgan fingerprint density at radius 1 is 1.19 bits per heavy atom. The Hall–Kier alpha value is -3.65. The number of carbonyl (C=O) groups excluding carboxylic acids is 1. The quantitative estimate of drug-likeness (QED) is 0.445. The normalized spacial score (nSPS) is 10.9. The van der Waals surface area contributed by atoms with Crippen molar-refractivity contribution in [2.75, 3.05) is 13.2 Å².